The number of nitro groups is 1. The lowest BCUT2D eigenvalue weighted by Crippen LogP contribution is -2.46. The molecule has 0 saturated carbocycles. The van der Waals surface area contributed by atoms with Gasteiger partial charge < -0.3 is 4.74 Å². The molecule has 0 aliphatic carbocycles. The van der Waals surface area contributed by atoms with Gasteiger partial charge in [-0.3, -0.25) is 24.7 Å². The SMILES string of the molecule is CC(C)(C)OC(=O)[C@H]1[C@H]2C(=O)N(c3ccc([N+](=O)[O-])cc3)C(=O)[C@@H]2[C@H]2c3ccccc3C=NN21. The van der Waals surface area contributed by atoms with Gasteiger partial charge in [-0.25, -0.2) is 9.69 Å². The maximum atomic E-state index is 13.7. The first kappa shape index (κ1) is 21.7. The van der Waals surface area contributed by atoms with Crippen LogP contribution in [0.5, 0.6) is 0 Å². The Kier molecular flexibility index (Phi) is 4.78. The molecule has 0 unspecified atom stereocenters. The van der Waals surface area contributed by atoms with E-state index in [4.69, 9.17) is 4.74 Å². The maximum absolute atomic E-state index is 13.7. The largest absolute Gasteiger partial charge is 0.458 e. The highest BCUT2D eigenvalue weighted by Gasteiger charge is 2.66. The zero-order valence-corrected chi connectivity index (χ0v) is 18.7. The molecule has 2 aromatic rings. The van der Waals surface area contributed by atoms with Crippen LogP contribution in [0.4, 0.5) is 11.4 Å². The predicted octanol–water partition coefficient (Wildman–Crippen LogP) is 2.82. The lowest BCUT2D eigenvalue weighted by molar-refractivity contribution is -0.384. The lowest BCUT2D eigenvalue weighted by atomic mass is 9.85. The van der Waals surface area contributed by atoms with E-state index in [-0.39, 0.29) is 11.4 Å². The normalized spacial score (nSPS) is 25.1. The number of ether oxygens (including phenoxy) is 1. The van der Waals surface area contributed by atoms with Crippen LogP contribution in [0, 0.1) is 22.0 Å². The number of non-ortho nitro benzene ring substituents is 1. The number of carbonyl (C=O) groups is 3. The number of carbonyl (C=O) groups excluding carboxylic acids is 3. The van der Waals surface area contributed by atoms with Crippen LogP contribution in [0.3, 0.4) is 0 Å². The zero-order valence-electron chi connectivity index (χ0n) is 18.7. The molecular weight excluding hydrogens is 440 g/mol. The Morgan fingerprint density at radius 1 is 1.03 bits per heavy atom. The van der Waals surface area contributed by atoms with Crippen LogP contribution in [0.2, 0.25) is 0 Å². The van der Waals surface area contributed by atoms with E-state index in [1.807, 2.05) is 24.3 Å². The third-order valence-electron chi connectivity index (χ3n) is 6.26. The van der Waals surface area contributed by atoms with Crippen LogP contribution in [0.15, 0.2) is 53.6 Å². The number of benzene rings is 2. The van der Waals surface area contributed by atoms with Crippen LogP contribution in [0.1, 0.15) is 37.9 Å². The Morgan fingerprint density at radius 3 is 2.32 bits per heavy atom. The number of fused-ring (bicyclic) bond motifs is 5. The molecule has 2 aromatic carbocycles. The highest BCUT2D eigenvalue weighted by atomic mass is 16.6. The zero-order chi connectivity index (χ0) is 24.4. The Bertz CT molecular complexity index is 1250. The summed E-state index contributed by atoms with van der Waals surface area (Å²) in [6.45, 7) is 5.19. The van der Waals surface area contributed by atoms with E-state index < -0.39 is 52.2 Å². The van der Waals surface area contributed by atoms with Gasteiger partial charge in [0, 0.05) is 12.1 Å². The van der Waals surface area contributed by atoms with Crippen molar-refractivity contribution in [2.45, 2.75) is 38.5 Å². The molecule has 0 spiro atoms. The number of nitrogens with zero attached hydrogens (tertiary/aromatic N) is 4. The quantitative estimate of drug-likeness (QED) is 0.297. The van der Waals surface area contributed by atoms with Crippen LogP contribution < -0.4 is 4.90 Å². The third-order valence-corrected chi connectivity index (χ3v) is 6.26. The van der Waals surface area contributed by atoms with Gasteiger partial charge in [-0.15, -0.1) is 0 Å². The van der Waals surface area contributed by atoms with Gasteiger partial charge in [0.15, 0.2) is 6.04 Å². The van der Waals surface area contributed by atoms with Gasteiger partial charge in [-0.05, 0) is 44.0 Å². The standard InChI is InChI=1S/C24H22N4O6/c1-24(2,3)34-23(31)20-18-17(19-16-7-5-4-6-13(16)12-25-27(19)20)21(29)26(22(18)30)14-8-10-15(11-9-14)28(32)33/h4-12,17-20H,1-3H3/t17-,18-,19+,20+/m0/s1. The van der Waals surface area contributed by atoms with E-state index in [1.54, 1.807) is 27.0 Å². The molecule has 34 heavy (non-hydrogen) atoms. The first-order valence-corrected chi connectivity index (χ1v) is 10.8. The van der Waals surface area contributed by atoms with Gasteiger partial charge in [-0.2, -0.15) is 5.10 Å². The number of rotatable bonds is 3. The van der Waals surface area contributed by atoms with Crippen molar-refractivity contribution in [1.29, 1.82) is 0 Å². The van der Waals surface area contributed by atoms with Crippen molar-refractivity contribution in [3.05, 3.63) is 69.8 Å². The summed E-state index contributed by atoms with van der Waals surface area (Å²) in [7, 11) is 0. The van der Waals surface area contributed by atoms with E-state index >= 15 is 0 Å². The van der Waals surface area contributed by atoms with Crippen molar-refractivity contribution in [3.63, 3.8) is 0 Å². The first-order chi connectivity index (χ1) is 16.1. The molecule has 2 fully saturated rings. The van der Waals surface area contributed by atoms with Crippen molar-refractivity contribution in [1.82, 2.24) is 5.01 Å². The van der Waals surface area contributed by atoms with E-state index in [9.17, 15) is 24.5 Å². The molecule has 3 aliphatic heterocycles. The number of hydrogen-bond acceptors (Lipinski definition) is 8. The number of amides is 2. The number of nitro benzene ring substituents is 1. The summed E-state index contributed by atoms with van der Waals surface area (Å²) in [5.74, 6) is -3.53. The minimum atomic E-state index is -1.08. The second kappa shape index (κ2) is 7.47. The van der Waals surface area contributed by atoms with Gasteiger partial charge in [0.05, 0.1) is 34.7 Å². The summed E-state index contributed by atoms with van der Waals surface area (Å²) < 4.78 is 5.62. The van der Waals surface area contributed by atoms with Crippen LogP contribution >= 0.6 is 0 Å². The topological polar surface area (TPSA) is 122 Å². The Hall–Kier alpha value is -4.08. The summed E-state index contributed by atoms with van der Waals surface area (Å²) >= 11 is 0. The molecule has 174 valence electrons. The molecule has 0 radical (unpaired) electrons. The van der Waals surface area contributed by atoms with Gasteiger partial charge in [-0.1, -0.05) is 24.3 Å². The smallest absolute Gasteiger partial charge is 0.331 e. The molecule has 3 heterocycles. The van der Waals surface area contributed by atoms with E-state index in [1.165, 1.54) is 29.3 Å². The predicted molar refractivity (Wildman–Crippen MR) is 121 cm³/mol. The molecule has 2 saturated heterocycles. The van der Waals surface area contributed by atoms with E-state index in [0.717, 1.165) is 16.0 Å². The summed E-state index contributed by atoms with van der Waals surface area (Å²) in [4.78, 5) is 52.1. The highest BCUT2D eigenvalue weighted by Crippen LogP contribution is 2.52. The minimum Gasteiger partial charge on any atom is -0.458 e. The van der Waals surface area contributed by atoms with E-state index in [2.05, 4.69) is 5.10 Å². The number of esters is 1. The molecule has 0 aromatic heterocycles. The Morgan fingerprint density at radius 2 is 1.68 bits per heavy atom. The summed E-state index contributed by atoms with van der Waals surface area (Å²) in [6, 6.07) is 10.9. The number of hydrazone groups is 1. The average molecular weight is 462 g/mol. The van der Waals surface area contributed by atoms with Gasteiger partial charge in [0.2, 0.25) is 11.8 Å². The third kappa shape index (κ3) is 3.25. The summed E-state index contributed by atoms with van der Waals surface area (Å²) in [5.41, 5.74) is 0.867. The van der Waals surface area contributed by atoms with Crippen LogP contribution in [0.25, 0.3) is 0 Å². The average Bonchev–Trinajstić information content (AvgIpc) is 3.25. The van der Waals surface area contributed by atoms with Crippen molar-refractivity contribution in [2.24, 2.45) is 16.9 Å². The second-order valence-electron chi connectivity index (χ2n) is 9.51. The lowest BCUT2D eigenvalue weighted by Gasteiger charge is -2.34. The highest BCUT2D eigenvalue weighted by molar-refractivity contribution is 6.24. The number of imide groups is 1. The molecule has 3 aliphatic rings. The molecule has 2 amide bonds. The van der Waals surface area contributed by atoms with Crippen molar-refractivity contribution in [3.8, 4) is 0 Å². The first-order valence-electron chi connectivity index (χ1n) is 10.8. The fourth-order valence-electron chi connectivity index (χ4n) is 4.98. The Balaban J connectivity index is 1.60. The Labute approximate surface area is 194 Å². The fourth-order valence-corrected chi connectivity index (χ4v) is 4.98. The second-order valence-corrected chi connectivity index (χ2v) is 9.51. The van der Waals surface area contributed by atoms with Crippen molar-refractivity contribution >= 4 is 35.4 Å². The molecule has 0 N–H and O–H groups in total. The monoisotopic (exact) mass is 462 g/mol. The minimum absolute atomic E-state index is 0.156. The van der Waals surface area contributed by atoms with Gasteiger partial charge >= 0.3 is 5.97 Å². The van der Waals surface area contributed by atoms with Crippen molar-refractivity contribution in [2.75, 3.05) is 4.90 Å². The van der Waals surface area contributed by atoms with Gasteiger partial charge in [0.25, 0.3) is 5.69 Å². The fraction of sp³-hybridized carbons (Fsp3) is 0.333. The van der Waals surface area contributed by atoms with Crippen LogP contribution in [-0.2, 0) is 19.1 Å². The molecule has 4 atom stereocenters. The van der Waals surface area contributed by atoms with Crippen LogP contribution in [-0.4, -0.2) is 45.6 Å². The number of anilines is 1. The summed E-state index contributed by atoms with van der Waals surface area (Å²) in [6.07, 6.45) is 1.62. The molecule has 5 rings (SSSR count). The van der Waals surface area contributed by atoms with E-state index in [0.29, 0.717) is 0 Å². The maximum Gasteiger partial charge on any atom is 0.331 e. The summed E-state index contributed by atoms with van der Waals surface area (Å²) in [5, 5.41) is 17.0. The molecule has 10 heteroatoms. The molecule has 10 nitrogen and oxygen atoms in total. The molecule has 0 bridgehead atoms. The molecular formula is C24H22N4O6. The van der Waals surface area contributed by atoms with Crippen molar-refractivity contribution < 1.29 is 24.0 Å². The number of hydrogen-bond donors (Lipinski definition) is 0. The van der Waals surface area contributed by atoms with Gasteiger partial charge in [0.1, 0.15) is 5.60 Å².